The zero-order valence-corrected chi connectivity index (χ0v) is 22.6. The van der Waals surface area contributed by atoms with E-state index in [-0.39, 0.29) is 17.4 Å². The van der Waals surface area contributed by atoms with E-state index in [1.807, 2.05) is 19.9 Å². The van der Waals surface area contributed by atoms with Gasteiger partial charge >= 0.3 is 0 Å². The van der Waals surface area contributed by atoms with Crippen LogP contribution in [0.25, 0.3) is 11.0 Å². The van der Waals surface area contributed by atoms with Gasteiger partial charge in [0.05, 0.1) is 32.3 Å². The molecule has 0 radical (unpaired) electrons. The van der Waals surface area contributed by atoms with Crippen molar-refractivity contribution in [2.75, 3.05) is 5.32 Å². The summed E-state index contributed by atoms with van der Waals surface area (Å²) in [5.41, 5.74) is 3.36. The van der Waals surface area contributed by atoms with Gasteiger partial charge in [-0.05, 0) is 55.9 Å². The smallest absolute Gasteiger partial charge is 0.255 e. The summed E-state index contributed by atoms with van der Waals surface area (Å²) < 4.78 is 6.33. The minimum absolute atomic E-state index is 0.0896. The van der Waals surface area contributed by atoms with Crippen LogP contribution in [-0.4, -0.2) is 32.5 Å². The van der Waals surface area contributed by atoms with E-state index in [2.05, 4.69) is 41.4 Å². The minimum Gasteiger partial charge on any atom is -0.486 e. The Morgan fingerprint density at radius 3 is 2.58 bits per heavy atom. The Kier molecular flexibility index (Phi) is 5.30. The molecule has 4 atom stereocenters. The molecule has 3 fully saturated rings. The maximum atomic E-state index is 13.8. The quantitative estimate of drug-likeness (QED) is 0.359. The summed E-state index contributed by atoms with van der Waals surface area (Å²) in [7, 11) is 0. The van der Waals surface area contributed by atoms with Crippen molar-refractivity contribution in [3.63, 3.8) is 0 Å². The summed E-state index contributed by atoms with van der Waals surface area (Å²) >= 11 is 12.6. The van der Waals surface area contributed by atoms with Crippen LogP contribution in [0, 0.1) is 23.2 Å². The largest absolute Gasteiger partial charge is 0.486 e. The number of H-pyrrole nitrogens is 1. The number of carbonyl (C=O) groups is 1. The molecule has 190 valence electrons. The first kappa shape index (κ1) is 23.9. The second-order valence-electron chi connectivity index (χ2n) is 11.9. The molecule has 1 aliphatic heterocycles. The number of nitrogens with zero attached hydrogens (tertiary/aromatic N) is 2. The Labute approximate surface area is 220 Å². The van der Waals surface area contributed by atoms with E-state index in [1.165, 1.54) is 18.8 Å². The van der Waals surface area contributed by atoms with Crippen LogP contribution in [0.2, 0.25) is 10.0 Å². The number of aromatic amines is 1. The van der Waals surface area contributed by atoms with Crippen molar-refractivity contribution in [2.45, 2.75) is 65.5 Å². The van der Waals surface area contributed by atoms with E-state index in [4.69, 9.17) is 32.9 Å². The number of anilines is 2. The number of carbonyl (C=O) groups excluding carboxylic acids is 1. The third-order valence-electron chi connectivity index (χ3n) is 8.69. The molecule has 3 aliphatic carbocycles. The molecular weight excluding hydrogens is 497 g/mol. The molecule has 7 nitrogen and oxygen atoms in total. The number of rotatable bonds is 4. The third kappa shape index (κ3) is 3.66. The molecule has 4 aliphatic rings. The first-order chi connectivity index (χ1) is 16.9. The first-order valence-corrected chi connectivity index (χ1v) is 13.3. The van der Waals surface area contributed by atoms with E-state index in [1.54, 1.807) is 0 Å². The lowest BCUT2D eigenvalue weighted by Gasteiger charge is -2.62. The van der Waals surface area contributed by atoms with Crippen LogP contribution < -0.4 is 15.4 Å². The molecule has 7 rings (SSSR count). The maximum Gasteiger partial charge on any atom is 0.255 e. The molecule has 9 heteroatoms. The predicted molar refractivity (Wildman–Crippen MR) is 142 cm³/mol. The topological polar surface area (TPSA) is 91.9 Å². The van der Waals surface area contributed by atoms with Crippen LogP contribution in [0.5, 0.6) is 5.75 Å². The van der Waals surface area contributed by atoms with Gasteiger partial charge in [0.2, 0.25) is 5.95 Å². The number of halogens is 2. The summed E-state index contributed by atoms with van der Waals surface area (Å²) in [5.74, 6) is 2.73. The first-order valence-electron chi connectivity index (χ1n) is 12.6. The number of aromatic nitrogens is 3. The summed E-state index contributed by atoms with van der Waals surface area (Å²) in [5, 5.41) is 7.35. The number of benzene rings is 1. The highest BCUT2D eigenvalue weighted by atomic mass is 35.5. The van der Waals surface area contributed by atoms with Crippen molar-refractivity contribution < 1.29 is 9.53 Å². The molecule has 3 aromatic rings. The summed E-state index contributed by atoms with van der Waals surface area (Å²) in [4.78, 5) is 25.8. The highest BCUT2D eigenvalue weighted by molar-refractivity contribution is 6.39. The molecule has 1 aromatic carbocycles. The van der Waals surface area contributed by atoms with Crippen LogP contribution in [-0.2, 0) is 6.42 Å². The van der Waals surface area contributed by atoms with Gasteiger partial charge in [0, 0.05) is 30.4 Å². The lowest BCUT2D eigenvalue weighted by molar-refractivity contribution is -0.107. The van der Waals surface area contributed by atoms with Gasteiger partial charge in [0.15, 0.2) is 0 Å². The zero-order chi connectivity index (χ0) is 25.6. The average molecular weight is 528 g/mol. The average Bonchev–Trinajstić information content (AvgIpc) is 3.35. The molecule has 2 bridgehead atoms. The van der Waals surface area contributed by atoms with Crippen molar-refractivity contribution >= 4 is 51.8 Å². The maximum absolute atomic E-state index is 13.8. The fourth-order valence-corrected chi connectivity index (χ4v) is 7.09. The lowest BCUT2D eigenvalue weighted by atomic mass is 9.45. The Bertz CT molecular complexity index is 1380. The monoisotopic (exact) mass is 527 g/mol. The molecule has 36 heavy (non-hydrogen) atoms. The number of hydrogen-bond acceptors (Lipinski definition) is 5. The Morgan fingerprint density at radius 1 is 1.17 bits per heavy atom. The number of hydrogen-bond donors (Lipinski definition) is 3. The fraction of sp³-hybridized carbons (Fsp3) is 0.519. The van der Waals surface area contributed by atoms with Crippen LogP contribution in [0.3, 0.4) is 0 Å². The highest BCUT2D eigenvalue weighted by Gasteiger charge is 2.57. The van der Waals surface area contributed by atoms with Crippen LogP contribution in [0.1, 0.15) is 63.4 Å². The van der Waals surface area contributed by atoms with E-state index in [9.17, 15) is 4.79 Å². The van der Waals surface area contributed by atoms with Gasteiger partial charge in [-0.2, -0.15) is 0 Å². The van der Waals surface area contributed by atoms with Crippen molar-refractivity contribution in [3.05, 3.63) is 39.6 Å². The second-order valence-corrected chi connectivity index (χ2v) is 12.7. The van der Waals surface area contributed by atoms with E-state index < -0.39 is 5.60 Å². The number of nitrogens with one attached hydrogen (secondary N) is 3. The molecule has 4 unspecified atom stereocenters. The van der Waals surface area contributed by atoms with Crippen molar-refractivity contribution in [2.24, 2.45) is 23.2 Å². The van der Waals surface area contributed by atoms with Crippen LogP contribution in [0.15, 0.2) is 18.5 Å². The SMILES string of the molecule is CC1CC2CC(C1NC(=O)c1cc3[nH]c(Nc4c(Cl)cncc4Cl)nc3c3c1OC(C)(C)C3)C2(C)C. The lowest BCUT2D eigenvalue weighted by Crippen LogP contribution is -2.62. The van der Waals surface area contributed by atoms with Crippen molar-refractivity contribution in [1.82, 2.24) is 20.3 Å². The van der Waals surface area contributed by atoms with Crippen LogP contribution >= 0.6 is 23.2 Å². The van der Waals surface area contributed by atoms with E-state index in [0.29, 0.717) is 51.3 Å². The molecule has 0 saturated heterocycles. The summed E-state index contributed by atoms with van der Waals surface area (Å²) in [6.45, 7) is 11.0. The minimum atomic E-state index is -0.433. The number of amides is 1. The molecule has 3 N–H and O–H groups in total. The van der Waals surface area contributed by atoms with Gasteiger partial charge in [0.1, 0.15) is 11.4 Å². The van der Waals surface area contributed by atoms with Crippen molar-refractivity contribution in [3.8, 4) is 5.75 Å². The molecule has 3 heterocycles. The molecule has 3 saturated carbocycles. The number of pyridine rings is 1. The van der Waals surface area contributed by atoms with Gasteiger partial charge in [-0.15, -0.1) is 0 Å². The van der Waals surface area contributed by atoms with Gasteiger partial charge in [-0.25, -0.2) is 4.98 Å². The van der Waals surface area contributed by atoms with E-state index >= 15 is 0 Å². The third-order valence-corrected chi connectivity index (χ3v) is 9.27. The molecule has 2 aromatic heterocycles. The predicted octanol–water partition coefficient (Wildman–Crippen LogP) is 6.52. The van der Waals surface area contributed by atoms with Gasteiger partial charge < -0.3 is 20.4 Å². The number of imidazole rings is 1. The normalized spacial score (nSPS) is 27.2. The standard InChI is InChI=1S/C27H31Cl2N5O2/c1-12-6-13-7-16(27(13,4)5)20(12)32-24(35)14-8-19-21(15-9-26(2,3)36-23(14)15)33-25(31-19)34-22-17(28)10-30-11-18(22)29/h8,10-13,16,20H,6-7,9H2,1-5H3,(H,32,35)(H2,30,31,33,34). The van der Waals surface area contributed by atoms with Gasteiger partial charge in [-0.1, -0.05) is 44.0 Å². The number of ether oxygens (including phenoxy) is 1. The Balaban J connectivity index is 1.37. The Morgan fingerprint density at radius 2 is 1.89 bits per heavy atom. The van der Waals surface area contributed by atoms with Gasteiger partial charge in [0.25, 0.3) is 5.91 Å². The van der Waals surface area contributed by atoms with Crippen molar-refractivity contribution in [1.29, 1.82) is 0 Å². The summed E-state index contributed by atoms with van der Waals surface area (Å²) in [6.07, 6.45) is 6.04. The number of fused-ring (bicyclic) bond motifs is 5. The highest BCUT2D eigenvalue weighted by Crippen LogP contribution is 2.60. The zero-order valence-electron chi connectivity index (χ0n) is 21.1. The van der Waals surface area contributed by atoms with E-state index in [0.717, 1.165) is 28.9 Å². The van der Waals surface area contributed by atoms with Crippen LogP contribution in [0.4, 0.5) is 11.6 Å². The Hall–Kier alpha value is -2.51. The summed E-state index contributed by atoms with van der Waals surface area (Å²) in [6, 6.07) is 2.01. The second kappa shape index (κ2) is 7.99. The fourth-order valence-electron chi connectivity index (χ4n) is 6.63. The molecule has 0 spiro atoms. The van der Waals surface area contributed by atoms with Gasteiger partial charge in [-0.3, -0.25) is 9.78 Å². The molecular formula is C27H31Cl2N5O2. The molecule has 1 amide bonds.